The SMILES string of the molecule is CON=C(Cn1c(=O)c2c(nc(N3CCCC(N)C3)n2CC=C(C)C)n(C)c1=O)c1ccccc1. The second-order valence-electron chi connectivity index (χ2n) is 9.14. The molecule has 1 atom stereocenters. The number of hydrogen-bond acceptors (Lipinski definition) is 7. The van der Waals surface area contributed by atoms with E-state index < -0.39 is 11.2 Å². The summed E-state index contributed by atoms with van der Waals surface area (Å²) in [4.78, 5) is 39.1. The van der Waals surface area contributed by atoms with Gasteiger partial charge in [0.1, 0.15) is 12.8 Å². The van der Waals surface area contributed by atoms with E-state index in [1.807, 2.05) is 54.8 Å². The summed E-state index contributed by atoms with van der Waals surface area (Å²) in [7, 11) is 3.08. The van der Waals surface area contributed by atoms with E-state index >= 15 is 0 Å². The topological polar surface area (TPSA) is 113 Å². The molecular weight excluding hydrogens is 446 g/mol. The number of aryl methyl sites for hydroxylation is 1. The molecule has 0 aliphatic carbocycles. The van der Waals surface area contributed by atoms with Gasteiger partial charge >= 0.3 is 5.69 Å². The first kappa shape index (κ1) is 24.5. The molecule has 0 amide bonds. The van der Waals surface area contributed by atoms with Crippen molar-refractivity contribution in [3.8, 4) is 0 Å². The summed E-state index contributed by atoms with van der Waals surface area (Å²) in [6, 6.07) is 9.40. The van der Waals surface area contributed by atoms with Crippen molar-refractivity contribution in [3.05, 3.63) is 68.4 Å². The molecule has 4 rings (SSSR count). The van der Waals surface area contributed by atoms with Crippen molar-refractivity contribution in [1.29, 1.82) is 0 Å². The molecule has 1 aliphatic heterocycles. The van der Waals surface area contributed by atoms with Crippen molar-refractivity contribution in [3.63, 3.8) is 0 Å². The second kappa shape index (κ2) is 10.3. The van der Waals surface area contributed by atoms with Crippen LogP contribution in [-0.2, 0) is 25.0 Å². The molecule has 3 aromatic rings. The van der Waals surface area contributed by atoms with Crippen molar-refractivity contribution in [2.24, 2.45) is 17.9 Å². The Kier molecular flexibility index (Phi) is 7.20. The molecule has 10 nitrogen and oxygen atoms in total. The molecule has 1 aliphatic rings. The minimum Gasteiger partial charge on any atom is -0.399 e. The van der Waals surface area contributed by atoms with Crippen LogP contribution in [0.4, 0.5) is 5.95 Å². The highest BCUT2D eigenvalue weighted by Crippen LogP contribution is 2.23. The third-order valence-corrected chi connectivity index (χ3v) is 6.25. The Morgan fingerprint density at radius 2 is 1.97 bits per heavy atom. The highest BCUT2D eigenvalue weighted by atomic mass is 16.6. The van der Waals surface area contributed by atoms with Crippen molar-refractivity contribution in [2.75, 3.05) is 25.1 Å². The Morgan fingerprint density at radius 1 is 1.23 bits per heavy atom. The number of nitrogens with zero attached hydrogens (tertiary/aromatic N) is 6. The molecule has 1 fully saturated rings. The van der Waals surface area contributed by atoms with Crippen LogP contribution in [0, 0.1) is 0 Å². The third kappa shape index (κ3) is 4.93. The van der Waals surface area contributed by atoms with E-state index in [2.05, 4.69) is 10.1 Å². The predicted molar refractivity (Wildman–Crippen MR) is 138 cm³/mol. The van der Waals surface area contributed by atoms with Gasteiger partial charge in [0.2, 0.25) is 5.95 Å². The fraction of sp³-hybridized carbons (Fsp3) is 0.440. The molecule has 0 bridgehead atoms. The van der Waals surface area contributed by atoms with Gasteiger partial charge in [-0.25, -0.2) is 4.79 Å². The summed E-state index contributed by atoms with van der Waals surface area (Å²) >= 11 is 0. The number of benzene rings is 1. The van der Waals surface area contributed by atoms with E-state index in [9.17, 15) is 9.59 Å². The minimum absolute atomic E-state index is 0.0307. The molecule has 0 radical (unpaired) electrons. The Morgan fingerprint density at radius 3 is 2.63 bits per heavy atom. The Labute approximate surface area is 203 Å². The molecule has 3 heterocycles. The lowest BCUT2D eigenvalue weighted by atomic mass is 10.1. The molecule has 2 N–H and O–H groups in total. The van der Waals surface area contributed by atoms with E-state index in [4.69, 9.17) is 15.6 Å². The highest BCUT2D eigenvalue weighted by Gasteiger charge is 2.26. The predicted octanol–water partition coefficient (Wildman–Crippen LogP) is 1.84. The third-order valence-electron chi connectivity index (χ3n) is 6.25. The molecule has 0 saturated carbocycles. The molecule has 1 aromatic carbocycles. The summed E-state index contributed by atoms with van der Waals surface area (Å²) in [6.45, 7) is 5.90. The Balaban J connectivity index is 1.91. The van der Waals surface area contributed by atoms with Gasteiger partial charge in [0.25, 0.3) is 5.56 Å². The van der Waals surface area contributed by atoms with E-state index in [1.165, 1.54) is 16.2 Å². The summed E-state index contributed by atoms with van der Waals surface area (Å²) in [5.74, 6) is 0.659. The quantitative estimate of drug-likeness (QED) is 0.314. The number of aromatic nitrogens is 4. The molecule has 186 valence electrons. The number of oxime groups is 1. The smallest absolute Gasteiger partial charge is 0.332 e. The molecule has 10 heteroatoms. The first-order valence-electron chi connectivity index (χ1n) is 11.8. The number of piperidine rings is 1. The summed E-state index contributed by atoms with van der Waals surface area (Å²) in [5.41, 5.74) is 8.47. The van der Waals surface area contributed by atoms with Crippen molar-refractivity contribution >= 4 is 22.8 Å². The van der Waals surface area contributed by atoms with E-state index in [-0.39, 0.29) is 12.6 Å². The summed E-state index contributed by atoms with van der Waals surface area (Å²) in [6.07, 6.45) is 3.95. The minimum atomic E-state index is -0.462. The maximum absolute atomic E-state index is 13.8. The maximum Gasteiger partial charge on any atom is 0.332 e. The number of anilines is 1. The van der Waals surface area contributed by atoms with Crippen LogP contribution in [-0.4, -0.2) is 50.6 Å². The lowest BCUT2D eigenvalue weighted by molar-refractivity contribution is 0.212. The van der Waals surface area contributed by atoms with E-state index in [0.29, 0.717) is 35.9 Å². The van der Waals surface area contributed by atoms with Crippen LogP contribution < -0.4 is 21.9 Å². The zero-order valence-corrected chi connectivity index (χ0v) is 20.8. The molecule has 1 unspecified atom stereocenters. The Hall–Kier alpha value is -3.66. The van der Waals surface area contributed by atoms with Crippen LogP contribution in [0.15, 0.2) is 56.7 Å². The van der Waals surface area contributed by atoms with Crippen LogP contribution >= 0.6 is 0 Å². The average Bonchev–Trinajstić information content (AvgIpc) is 3.24. The molecule has 35 heavy (non-hydrogen) atoms. The van der Waals surface area contributed by atoms with Gasteiger partial charge in [0, 0.05) is 38.3 Å². The van der Waals surface area contributed by atoms with Gasteiger partial charge in [-0.15, -0.1) is 0 Å². The number of nitrogens with two attached hydrogens (primary N) is 1. The zero-order valence-electron chi connectivity index (χ0n) is 20.8. The van der Waals surface area contributed by atoms with Crippen LogP contribution in [0.3, 0.4) is 0 Å². The second-order valence-corrected chi connectivity index (χ2v) is 9.14. The number of fused-ring (bicyclic) bond motifs is 1. The Bertz CT molecular complexity index is 1380. The van der Waals surface area contributed by atoms with Crippen molar-refractivity contribution < 1.29 is 4.84 Å². The fourth-order valence-corrected chi connectivity index (χ4v) is 4.44. The summed E-state index contributed by atoms with van der Waals surface area (Å²) < 4.78 is 4.52. The number of allylic oxidation sites excluding steroid dienone is 2. The normalized spacial score (nSPS) is 16.5. The molecule has 1 saturated heterocycles. The van der Waals surface area contributed by atoms with Gasteiger partial charge < -0.3 is 20.0 Å². The van der Waals surface area contributed by atoms with Crippen LogP contribution in [0.1, 0.15) is 32.3 Å². The monoisotopic (exact) mass is 479 g/mol. The lowest BCUT2D eigenvalue weighted by Gasteiger charge is -2.31. The highest BCUT2D eigenvalue weighted by molar-refractivity contribution is 6.00. The zero-order chi connectivity index (χ0) is 25.1. The fourth-order valence-electron chi connectivity index (χ4n) is 4.44. The molecule has 0 spiro atoms. The van der Waals surface area contributed by atoms with Crippen molar-refractivity contribution in [2.45, 2.75) is 45.8 Å². The number of imidazole rings is 1. The maximum atomic E-state index is 13.8. The van der Waals surface area contributed by atoms with Crippen LogP contribution in [0.2, 0.25) is 0 Å². The van der Waals surface area contributed by atoms with Gasteiger partial charge in [0.05, 0.1) is 6.54 Å². The van der Waals surface area contributed by atoms with Crippen LogP contribution in [0.25, 0.3) is 11.2 Å². The average molecular weight is 480 g/mol. The molecule has 2 aromatic heterocycles. The van der Waals surface area contributed by atoms with Gasteiger partial charge in [-0.05, 0) is 26.7 Å². The van der Waals surface area contributed by atoms with E-state index in [0.717, 1.165) is 30.5 Å². The van der Waals surface area contributed by atoms with E-state index in [1.54, 1.807) is 7.05 Å². The molecular formula is C25H33N7O3. The summed E-state index contributed by atoms with van der Waals surface area (Å²) in [5, 5.41) is 4.11. The van der Waals surface area contributed by atoms with Crippen LogP contribution in [0.5, 0.6) is 0 Å². The van der Waals surface area contributed by atoms with Gasteiger partial charge in [-0.1, -0.05) is 47.1 Å². The van der Waals surface area contributed by atoms with Gasteiger partial charge in [-0.2, -0.15) is 4.98 Å². The first-order chi connectivity index (χ1) is 16.8. The van der Waals surface area contributed by atoms with Gasteiger partial charge in [-0.3, -0.25) is 13.9 Å². The standard InChI is InChI=1S/C25H33N7O3/c1-17(2)12-14-31-21-22(27-24(31)30-13-8-11-19(26)15-30)29(3)25(34)32(23(21)33)16-20(28-35-4)18-9-6-5-7-10-18/h5-7,9-10,12,19H,8,11,13-16,26H2,1-4H3. The number of hydrogen-bond donors (Lipinski definition) is 1. The first-order valence-corrected chi connectivity index (χ1v) is 11.8. The number of rotatable bonds is 7. The van der Waals surface area contributed by atoms with Gasteiger partial charge in [0.15, 0.2) is 11.2 Å². The van der Waals surface area contributed by atoms with Crippen molar-refractivity contribution in [1.82, 2.24) is 18.7 Å². The largest absolute Gasteiger partial charge is 0.399 e. The lowest BCUT2D eigenvalue weighted by Crippen LogP contribution is -2.44.